The number of fused-ring (bicyclic) bond motifs is 3. The number of hydrogen-bond acceptors (Lipinski definition) is 0. The van der Waals surface area contributed by atoms with Gasteiger partial charge in [0.05, 0.1) is 0 Å². The summed E-state index contributed by atoms with van der Waals surface area (Å²) in [6.07, 6.45) is 5.50. The standard InChI is InChI=1S/C20H12.C9H8/c1-5-13-6-2-11-17-18-12-4-8-14-7-3-10-16(20(14)18)15(9-1)19(13)17;1-2-5-9-7-3-6-8(9)4-1/h1-12H;1-6H,7H2. The lowest BCUT2D eigenvalue weighted by atomic mass is 9.90. The molecule has 1 aliphatic rings. The van der Waals surface area contributed by atoms with Crippen LogP contribution in [0.4, 0.5) is 0 Å². The zero-order valence-electron chi connectivity index (χ0n) is 16.1. The van der Waals surface area contributed by atoms with Gasteiger partial charge in [-0.05, 0) is 60.6 Å². The summed E-state index contributed by atoms with van der Waals surface area (Å²) in [5, 5.41) is 10.9. The molecule has 0 unspecified atom stereocenters. The molecule has 0 N–H and O–H groups in total. The van der Waals surface area contributed by atoms with E-state index in [4.69, 9.17) is 0 Å². The Bertz CT molecular complexity index is 1350. The summed E-state index contributed by atoms with van der Waals surface area (Å²) >= 11 is 0. The Hall–Kier alpha value is -3.64. The molecule has 1 aliphatic carbocycles. The average Bonchev–Trinajstić information content (AvgIpc) is 3.27. The number of hydrogen-bond donors (Lipinski definition) is 0. The van der Waals surface area contributed by atoms with Gasteiger partial charge in [0, 0.05) is 0 Å². The summed E-state index contributed by atoms with van der Waals surface area (Å²) in [4.78, 5) is 0. The summed E-state index contributed by atoms with van der Waals surface area (Å²) in [7, 11) is 0. The summed E-state index contributed by atoms with van der Waals surface area (Å²) in [6, 6.07) is 34.9. The van der Waals surface area contributed by atoms with Crippen LogP contribution < -0.4 is 0 Å². The third kappa shape index (κ3) is 2.53. The van der Waals surface area contributed by atoms with Crippen LogP contribution in [0.5, 0.6) is 0 Å². The van der Waals surface area contributed by atoms with Gasteiger partial charge in [-0.25, -0.2) is 0 Å². The Labute approximate surface area is 170 Å². The minimum atomic E-state index is 1.12. The Morgan fingerprint density at radius 3 is 1.41 bits per heavy atom. The maximum Gasteiger partial charge on any atom is -0.00264 e. The van der Waals surface area contributed by atoms with E-state index < -0.39 is 0 Å². The molecule has 0 aromatic heterocycles. The molecule has 0 atom stereocenters. The fourth-order valence-corrected chi connectivity index (χ4v) is 4.78. The number of allylic oxidation sites excluding steroid dienone is 1. The molecule has 0 heteroatoms. The highest BCUT2D eigenvalue weighted by Crippen LogP contribution is 2.39. The van der Waals surface area contributed by atoms with Gasteiger partial charge in [0.1, 0.15) is 0 Å². The van der Waals surface area contributed by atoms with Gasteiger partial charge in [-0.3, -0.25) is 0 Å². The summed E-state index contributed by atoms with van der Waals surface area (Å²) < 4.78 is 0. The molecule has 0 saturated heterocycles. The second kappa shape index (κ2) is 6.46. The van der Waals surface area contributed by atoms with Crippen molar-refractivity contribution < 1.29 is 0 Å². The van der Waals surface area contributed by atoms with Crippen LogP contribution in [-0.4, -0.2) is 0 Å². The highest BCUT2D eigenvalue weighted by molar-refractivity contribution is 6.32. The van der Waals surface area contributed by atoms with E-state index in [1.54, 1.807) is 0 Å². The van der Waals surface area contributed by atoms with E-state index in [0.29, 0.717) is 0 Å². The largest absolute Gasteiger partial charge is 0.0795 e. The first-order valence-corrected chi connectivity index (χ1v) is 10.2. The lowest BCUT2D eigenvalue weighted by molar-refractivity contribution is 1.31. The fourth-order valence-electron chi connectivity index (χ4n) is 4.78. The summed E-state index contributed by atoms with van der Waals surface area (Å²) in [5.41, 5.74) is 2.84. The molecular weight excluding hydrogens is 348 g/mol. The van der Waals surface area contributed by atoms with Gasteiger partial charge in [0.25, 0.3) is 0 Å². The third-order valence-electron chi connectivity index (χ3n) is 6.08. The molecule has 6 aromatic rings. The fraction of sp³-hybridized carbons (Fsp3) is 0.0345. The molecular formula is C29H20. The average molecular weight is 368 g/mol. The topological polar surface area (TPSA) is 0 Å². The van der Waals surface area contributed by atoms with Crippen molar-refractivity contribution in [2.24, 2.45) is 0 Å². The van der Waals surface area contributed by atoms with Gasteiger partial charge in [-0.2, -0.15) is 0 Å². The molecule has 7 rings (SSSR count). The highest BCUT2D eigenvalue weighted by atomic mass is 14.1. The molecule has 0 nitrogen and oxygen atoms in total. The molecule has 0 bridgehead atoms. The van der Waals surface area contributed by atoms with Crippen molar-refractivity contribution in [1.29, 1.82) is 0 Å². The van der Waals surface area contributed by atoms with Crippen molar-refractivity contribution in [2.45, 2.75) is 6.42 Å². The van der Waals surface area contributed by atoms with Crippen molar-refractivity contribution in [3.8, 4) is 0 Å². The predicted octanol–water partition coefficient (Wildman–Crippen LogP) is 7.99. The second-order valence-electron chi connectivity index (χ2n) is 7.72. The van der Waals surface area contributed by atoms with Gasteiger partial charge < -0.3 is 0 Å². The molecule has 0 amide bonds. The molecule has 6 aromatic carbocycles. The predicted molar refractivity (Wildman–Crippen MR) is 127 cm³/mol. The summed E-state index contributed by atoms with van der Waals surface area (Å²) in [6.45, 7) is 0. The Morgan fingerprint density at radius 1 is 0.448 bits per heavy atom. The molecule has 29 heavy (non-hydrogen) atoms. The molecule has 0 fully saturated rings. The molecule has 136 valence electrons. The minimum Gasteiger partial charge on any atom is -0.0795 e. The monoisotopic (exact) mass is 368 g/mol. The van der Waals surface area contributed by atoms with Crippen LogP contribution in [0.3, 0.4) is 0 Å². The first-order chi connectivity index (χ1) is 14.4. The SMILES string of the molecule is C1=Cc2ccccc2C1.c1cc2cccc3c4cccc5cccc(c(c1)c23)c54. The van der Waals surface area contributed by atoms with Gasteiger partial charge in [0.15, 0.2) is 0 Å². The molecule has 0 heterocycles. The number of benzene rings is 6. The van der Waals surface area contributed by atoms with Crippen molar-refractivity contribution in [3.05, 3.63) is 114 Å². The Kier molecular flexibility index (Phi) is 3.64. The van der Waals surface area contributed by atoms with Crippen LogP contribution in [0.1, 0.15) is 11.1 Å². The smallest absolute Gasteiger partial charge is 0.00264 e. The van der Waals surface area contributed by atoms with Crippen LogP contribution in [0.25, 0.3) is 49.2 Å². The lowest BCUT2D eigenvalue weighted by Crippen LogP contribution is -1.85. The van der Waals surface area contributed by atoms with E-state index in [2.05, 4.69) is 109 Å². The van der Waals surface area contributed by atoms with Crippen LogP contribution >= 0.6 is 0 Å². The van der Waals surface area contributed by atoms with E-state index in [-0.39, 0.29) is 0 Å². The maximum absolute atomic E-state index is 2.25. The normalized spacial score (nSPS) is 12.6. The Morgan fingerprint density at radius 2 is 0.931 bits per heavy atom. The first-order valence-electron chi connectivity index (χ1n) is 10.2. The summed E-state index contributed by atoms with van der Waals surface area (Å²) in [5.74, 6) is 0. The lowest BCUT2D eigenvalue weighted by Gasteiger charge is -2.13. The third-order valence-corrected chi connectivity index (χ3v) is 6.08. The highest BCUT2D eigenvalue weighted by Gasteiger charge is 2.11. The zero-order chi connectivity index (χ0) is 19.2. The van der Waals surface area contributed by atoms with Crippen molar-refractivity contribution in [1.82, 2.24) is 0 Å². The van der Waals surface area contributed by atoms with Gasteiger partial charge >= 0.3 is 0 Å². The van der Waals surface area contributed by atoms with E-state index in [0.717, 1.165) is 6.42 Å². The van der Waals surface area contributed by atoms with E-state index in [1.807, 2.05) is 0 Å². The minimum absolute atomic E-state index is 1.12. The van der Waals surface area contributed by atoms with E-state index in [9.17, 15) is 0 Å². The van der Waals surface area contributed by atoms with Crippen LogP contribution in [-0.2, 0) is 6.42 Å². The maximum atomic E-state index is 2.25. The first kappa shape index (κ1) is 16.3. The van der Waals surface area contributed by atoms with Gasteiger partial charge in [0.2, 0.25) is 0 Å². The van der Waals surface area contributed by atoms with Crippen molar-refractivity contribution in [3.63, 3.8) is 0 Å². The molecule has 0 radical (unpaired) electrons. The van der Waals surface area contributed by atoms with Gasteiger partial charge in [-0.15, -0.1) is 0 Å². The molecule has 0 spiro atoms. The molecule has 0 saturated carbocycles. The van der Waals surface area contributed by atoms with Crippen LogP contribution in [0, 0.1) is 0 Å². The van der Waals surface area contributed by atoms with E-state index in [1.165, 1.54) is 54.2 Å². The quantitative estimate of drug-likeness (QED) is 0.188. The van der Waals surface area contributed by atoms with Crippen LogP contribution in [0.15, 0.2) is 103 Å². The second-order valence-corrected chi connectivity index (χ2v) is 7.72. The van der Waals surface area contributed by atoms with Crippen LogP contribution in [0.2, 0.25) is 0 Å². The number of rotatable bonds is 0. The van der Waals surface area contributed by atoms with Crippen molar-refractivity contribution >= 4 is 49.2 Å². The zero-order valence-corrected chi connectivity index (χ0v) is 16.1. The Balaban J connectivity index is 0.000000154. The van der Waals surface area contributed by atoms with E-state index >= 15 is 0 Å². The van der Waals surface area contributed by atoms with Crippen molar-refractivity contribution in [2.75, 3.05) is 0 Å². The van der Waals surface area contributed by atoms with Gasteiger partial charge in [-0.1, -0.05) is 109 Å². The molecule has 0 aliphatic heterocycles.